The van der Waals surface area contributed by atoms with E-state index in [-0.39, 0.29) is 12.4 Å². The van der Waals surface area contributed by atoms with Crippen LogP contribution in [-0.4, -0.2) is 48.4 Å². The maximum atomic E-state index is 14.7. The minimum Gasteiger partial charge on any atom is -0.477 e. The predicted molar refractivity (Wildman–Crippen MR) is 118 cm³/mol. The zero-order chi connectivity index (χ0) is 24.3. The Balaban J connectivity index is 1.58. The largest absolute Gasteiger partial charge is 0.477 e. The quantitative estimate of drug-likeness (QED) is 0.583. The molecule has 6 atom stereocenters. The van der Waals surface area contributed by atoms with Crippen LogP contribution in [0, 0.1) is 11.6 Å². The van der Waals surface area contributed by atoms with Crippen LogP contribution < -0.4 is 10.0 Å². The fourth-order valence-corrected chi connectivity index (χ4v) is 7.23. The van der Waals surface area contributed by atoms with Crippen molar-refractivity contribution in [3.8, 4) is 5.75 Å². The molecular formula is C24H27F2O7P. The molecule has 5 rings (SSSR count). The number of fused-ring (bicyclic) bond motifs is 1. The van der Waals surface area contributed by atoms with E-state index in [1.165, 1.54) is 6.07 Å². The van der Waals surface area contributed by atoms with Crippen LogP contribution in [-0.2, 0) is 28.0 Å². The van der Waals surface area contributed by atoms with Crippen molar-refractivity contribution in [3.05, 3.63) is 60.2 Å². The minimum atomic E-state index is -3.82. The Bertz CT molecular complexity index is 1110. The molecule has 0 aliphatic carbocycles. The van der Waals surface area contributed by atoms with Gasteiger partial charge in [0, 0.05) is 11.4 Å². The molecule has 0 aromatic heterocycles. The molecule has 0 amide bonds. The molecule has 0 N–H and O–H groups in total. The smallest absolute Gasteiger partial charge is 0.274 e. The molecule has 0 saturated carbocycles. The lowest BCUT2D eigenvalue weighted by Crippen LogP contribution is -2.56. The topological polar surface area (TPSA) is 72.5 Å². The van der Waals surface area contributed by atoms with Crippen LogP contribution in [0.2, 0.25) is 0 Å². The number of hydrogen-bond donors (Lipinski definition) is 0. The first-order valence-corrected chi connectivity index (χ1v) is 12.8. The molecule has 184 valence electrons. The summed E-state index contributed by atoms with van der Waals surface area (Å²) in [6.45, 7) is 7.26. The third-order valence-electron chi connectivity index (χ3n) is 6.04. The second-order valence-electron chi connectivity index (χ2n) is 9.52. The Morgan fingerprint density at radius 1 is 0.882 bits per heavy atom. The van der Waals surface area contributed by atoms with E-state index in [1.54, 1.807) is 58.0 Å². The van der Waals surface area contributed by atoms with Gasteiger partial charge in [0.1, 0.15) is 30.2 Å². The van der Waals surface area contributed by atoms with Crippen LogP contribution in [0.25, 0.3) is 0 Å². The van der Waals surface area contributed by atoms with Crippen molar-refractivity contribution in [2.45, 2.75) is 69.5 Å². The van der Waals surface area contributed by atoms with Crippen molar-refractivity contribution in [2.75, 3.05) is 6.61 Å². The summed E-state index contributed by atoms with van der Waals surface area (Å²) >= 11 is 0. The zero-order valence-electron chi connectivity index (χ0n) is 19.3. The van der Waals surface area contributed by atoms with E-state index in [9.17, 15) is 13.3 Å². The van der Waals surface area contributed by atoms with Gasteiger partial charge in [-0.15, -0.1) is 0 Å². The summed E-state index contributed by atoms with van der Waals surface area (Å²) in [4.78, 5) is 0. The zero-order valence-corrected chi connectivity index (χ0v) is 20.2. The highest BCUT2D eigenvalue weighted by molar-refractivity contribution is 7.67. The van der Waals surface area contributed by atoms with Gasteiger partial charge in [0.05, 0.1) is 6.61 Å². The Kier molecular flexibility index (Phi) is 5.87. The van der Waals surface area contributed by atoms with E-state index in [2.05, 4.69) is 0 Å². The molecule has 0 spiro atoms. The SMILES string of the molecule is CC1(C)O[C@H]2[C@@H]([C@H]3COC(C)(C)O3)OP(=O)(c3ccccc3)[C@@H](Oc3ccc(F)c(F)c3)[C@H]2O1. The van der Waals surface area contributed by atoms with Gasteiger partial charge in [-0.2, -0.15) is 0 Å². The van der Waals surface area contributed by atoms with Crippen LogP contribution in [0.5, 0.6) is 5.75 Å². The van der Waals surface area contributed by atoms with E-state index in [1.807, 2.05) is 0 Å². The predicted octanol–water partition coefficient (Wildman–Crippen LogP) is 4.34. The molecule has 3 aliphatic heterocycles. The Morgan fingerprint density at radius 3 is 2.24 bits per heavy atom. The van der Waals surface area contributed by atoms with Gasteiger partial charge in [-0.05, 0) is 52.0 Å². The Labute approximate surface area is 196 Å². The van der Waals surface area contributed by atoms with Gasteiger partial charge < -0.3 is 28.2 Å². The summed E-state index contributed by atoms with van der Waals surface area (Å²) in [6, 6.07) is 11.7. The Morgan fingerprint density at radius 2 is 1.59 bits per heavy atom. The summed E-state index contributed by atoms with van der Waals surface area (Å²) in [6.07, 6.45) is -2.91. The van der Waals surface area contributed by atoms with Crippen molar-refractivity contribution < 1.29 is 41.6 Å². The lowest BCUT2D eigenvalue weighted by Gasteiger charge is -2.43. The van der Waals surface area contributed by atoms with E-state index >= 15 is 0 Å². The average Bonchev–Trinajstić information content (AvgIpc) is 3.31. The number of ether oxygens (including phenoxy) is 5. The van der Waals surface area contributed by atoms with Crippen LogP contribution in [0.1, 0.15) is 27.7 Å². The molecule has 2 aromatic carbocycles. The number of hydrogen-bond acceptors (Lipinski definition) is 7. The standard InChI is InChI=1S/C24H27F2O7P/c1-23(2)28-13-18(30-23)19-20-21(32-24(3,4)31-20)22(29-14-10-11-16(25)17(26)12-14)34(27,33-19)15-8-6-5-7-9-15/h5-12,18-22H,13H2,1-4H3/t18-,19-,20+,21+,22-,34?/m1/s1. The number of halogens is 2. The van der Waals surface area contributed by atoms with Crippen LogP contribution in [0.3, 0.4) is 0 Å². The van der Waals surface area contributed by atoms with Gasteiger partial charge in [-0.25, -0.2) is 8.78 Å². The molecule has 3 heterocycles. The van der Waals surface area contributed by atoms with Gasteiger partial charge >= 0.3 is 0 Å². The Hall–Kier alpha value is -1.87. The normalized spacial score (nSPS) is 36.2. The van der Waals surface area contributed by atoms with Crippen molar-refractivity contribution in [2.24, 2.45) is 0 Å². The first kappa shape index (κ1) is 23.9. The van der Waals surface area contributed by atoms with Crippen LogP contribution >= 0.6 is 7.37 Å². The molecule has 1 unspecified atom stereocenters. The minimum absolute atomic E-state index is 0.00394. The molecule has 2 aromatic rings. The first-order chi connectivity index (χ1) is 16.0. The van der Waals surface area contributed by atoms with Crippen molar-refractivity contribution >= 4 is 12.7 Å². The molecule has 0 radical (unpaired) electrons. The summed E-state index contributed by atoms with van der Waals surface area (Å²) < 4.78 is 78.6. The van der Waals surface area contributed by atoms with E-state index in [0.29, 0.717) is 5.30 Å². The average molecular weight is 496 g/mol. The molecule has 3 fully saturated rings. The molecule has 34 heavy (non-hydrogen) atoms. The van der Waals surface area contributed by atoms with Crippen LogP contribution in [0.4, 0.5) is 8.78 Å². The van der Waals surface area contributed by atoms with Crippen molar-refractivity contribution in [1.82, 2.24) is 0 Å². The first-order valence-electron chi connectivity index (χ1n) is 11.1. The summed E-state index contributed by atoms with van der Waals surface area (Å²) in [5.41, 5.74) is 0. The van der Waals surface area contributed by atoms with E-state index in [4.69, 9.17) is 28.2 Å². The summed E-state index contributed by atoms with van der Waals surface area (Å²) in [7, 11) is -3.82. The summed E-state index contributed by atoms with van der Waals surface area (Å²) in [5.74, 6) is -5.16. The van der Waals surface area contributed by atoms with Crippen molar-refractivity contribution in [1.29, 1.82) is 0 Å². The van der Waals surface area contributed by atoms with Gasteiger partial charge in [-0.1, -0.05) is 18.2 Å². The molecule has 3 aliphatic rings. The highest BCUT2D eigenvalue weighted by Gasteiger charge is 2.64. The van der Waals surface area contributed by atoms with Gasteiger partial charge in [0.15, 0.2) is 23.2 Å². The third kappa shape index (κ3) is 4.30. The maximum absolute atomic E-state index is 14.7. The van der Waals surface area contributed by atoms with Gasteiger partial charge in [-0.3, -0.25) is 4.57 Å². The van der Waals surface area contributed by atoms with Gasteiger partial charge in [0.25, 0.3) is 7.37 Å². The number of rotatable bonds is 4. The molecule has 3 saturated heterocycles. The molecular weight excluding hydrogens is 469 g/mol. The molecule has 0 bridgehead atoms. The van der Waals surface area contributed by atoms with Crippen molar-refractivity contribution in [3.63, 3.8) is 0 Å². The second kappa shape index (κ2) is 8.36. The lowest BCUT2D eigenvalue weighted by molar-refractivity contribution is -0.174. The monoisotopic (exact) mass is 496 g/mol. The van der Waals surface area contributed by atoms with Gasteiger partial charge in [0.2, 0.25) is 5.85 Å². The summed E-state index contributed by atoms with van der Waals surface area (Å²) in [5, 5.41) is 0.400. The lowest BCUT2D eigenvalue weighted by atomic mass is 10.0. The van der Waals surface area contributed by atoms with E-state index in [0.717, 1.165) is 12.1 Å². The maximum Gasteiger partial charge on any atom is 0.274 e. The fraction of sp³-hybridized carbons (Fsp3) is 0.500. The molecule has 7 nitrogen and oxygen atoms in total. The second-order valence-corrected chi connectivity index (χ2v) is 11.9. The number of benzene rings is 2. The van der Waals surface area contributed by atoms with E-state index < -0.39 is 60.8 Å². The highest BCUT2D eigenvalue weighted by Crippen LogP contribution is 2.61. The van der Waals surface area contributed by atoms with Crippen LogP contribution in [0.15, 0.2) is 48.5 Å². The third-order valence-corrected chi connectivity index (χ3v) is 8.69. The molecule has 10 heteroatoms. The highest BCUT2D eigenvalue weighted by atomic mass is 31.2. The fourth-order valence-electron chi connectivity index (χ4n) is 4.61.